The second-order valence-electron chi connectivity index (χ2n) is 3.13. The molecule has 0 unspecified atom stereocenters. The molecular formula is C8H10F3N3O2. The molecule has 90 valence electrons. The molecule has 0 saturated heterocycles. The average Bonchev–Trinajstić information content (AvgIpc) is 2.45. The predicted molar refractivity (Wildman–Crippen MR) is 49.1 cm³/mol. The van der Waals surface area contributed by atoms with E-state index in [0.717, 1.165) is 0 Å². The summed E-state index contributed by atoms with van der Waals surface area (Å²) in [6, 6.07) is 0. The monoisotopic (exact) mass is 237 g/mol. The van der Waals surface area contributed by atoms with Gasteiger partial charge in [-0.25, -0.2) is 4.79 Å². The molecule has 0 atom stereocenters. The Morgan fingerprint density at radius 1 is 1.50 bits per heavy atom. The molecule has 2 N–H and O–H groups in total. The molecular weight excluding hydrogens is 227 g/mol. The largest absolute Gasteiger partial charge is 0.440 e. The summed E-state index contributed by atoms with van der Waals surface area (Å²) in [5.74, 6) is 0. The number of hydrogen-bond donors (Lipinski definition) is 2. The first-order chi connectivity index (χ1) is 7.29. The predicted octanol–water partition coefficient (Wildman–Crippen LogP) is 2.14. The first-order valence-corrected chi connectivity index (χ1v) is 4.31. The van der Waals surface area contributed by atoms with Crippen LogP contribution in [0, 0.1) is 13.8 Å². The molecule has 8 heteroatoms. The number of H-pyrrole nitrogens is 1. The van der Waals surface area contributed by atoms with E-state index in [2.05, 4.69) is 20.3 Å². The summed E-state index contributed by atoms with van der Waals surface area (Å²) < 4.78 is 39.2. The van der Waals surface area contributed by atoms with Crippen LogP contribution in [-0.2, 0) is 4.74 Å². The fraction of sp³-hybridized carbons (Fsp3) is 0.500. The molecule has 16 heavy (non-hydrogen) atoms. The Kier molecular flexibility index (Phi) is 3.41. The van der Waals surface area contributed by atoms with Gasteiger partial charge in [0.1, 0.15) is 0 Å². The van der Waals surface area contributed by atoms with Gasteiger partial charge in [-0.1, -0.05) is 0 Å². The summed E-state index contributed by atoms with van der Waals surface area (Å²) >= 11 is 0. The van der Waals surface area contributed by atoms with Gasteiger partial charge >= 0.3 is 12.3 Å². The topological polar surface area (TPSA) is 67.0 Å². The van der Waals surface area contributed by atoms with Gasteiger partial charge in [-0.2, -0.15) is 18.3 Å². The molecule has 1 amide bonds. The van der Waals surface area contributed by atoms with Gasteiger partial charge in [0.05, 0.1) is 17.1 Å². The van der Waals surface area contributed by atoms with Crippen molar-refractivity contribution in [1.82, 2.24) is 10.2 Å². The van der Waals surface area contributed by atoms with Crippen molar-refractivity contribution in [3.8, 4) is 0 Å². The Hall–Kier alpha value is -1.73. The van der Waals surface area contributed by atoms with E-state index in [1.807, 2.05) is 0 Å². The lowest BCUT2D eigenvalue weighted by molar-refractivity contribution is -0.159. The maximum atomic E-state index is 11.7. The van der Waals surface area contributed by atoms with Crippen molar-refractivity contribution in [3.05, 3.63) is 11.4 Å². The van der Waals surface area contributed by atoms with Crippen LogP contribution in [0.2, 0.25) is 0 Å². The number of aromatic nitrogens is 2. The molecule has 1 aromatic rings. The highest BCUT2D eigenvalue weighted by Crippen LogP contribution is 2.18. The van der Waals surface area contributed by atoms with Crippen molar-refractivity contribution >= 4 is 11.8 Å². The number of carbonyl (C=O) groups is 1. The molecule has 1 rings (SSSR count). The zero-order valence-electron chi connectivity index (χ0n) is 8.60. The van der Waals surface area contributed by atoms with Crippen LogP contribution in [0.25, 0.3) is 0 Å². The Balaban J connectivity index is 2.53. The molecule has 0 fully saturated rings. The molecule has 0 aromatic carbocycles. The number of aromatic amines is 1. The van der Waals surface area contributed by atoms with Gasteiger partial charge in [-0.3, -0.25) is 10.4 Å². The van der Waals surface area contributed by atoms with E-state index in [1.165, 1.54) is 0 Å². The van der Waals surface area contributed by atoms with E-state index >= 15 is 0 Å². The van der Waals surface area contributed by atoms with Gasteiger partial charge in [0, 0.05) is 0 Å². The number of anilines is 1. The number of rotatable bonds is 2. The molecule has 0 bridgehead atoms. The van der Waals surface area contributed by atoms with Crippen molar-refractivity contribution in [2.75, 3.05) is 11.9 Å². The summed E-state index contributed by atoms with van der Waals surface area (Å²) in [6.45, 7) is 1.61. The Morgan fingerprint density at radius 3 is 2.56 bits per heavy atom. The van der Waals surface area contributed by atoms with Crippen LogP contribution in [0.15, 0.2) is 0 Å². The zero-order chi connectivity index (χ0) is 12.3. The van der Waals surface area contributed by atoms with Crippen LogP contribution < -0.4 is 5.32 Å². The molecule has 0 aliphatic rings. The lowest BCUT2D eigenvalue weighted by Crippen LogP contribution is -2.23. The highest BCUT2D eigenvalue weighted by atomic mass is 19.4. The summed E-state index contributed by atoms with van der Waals surface area (Å²) in [7, 11) is 0. The van der Waals surface area contributed by atoms with Gasteiger partial charge in [0.2, 0.25) is 0 Å². The first-order valence-electron chi connectivity index (χ1n) is 4.31. The lowest BCUT2D eigenvalue weighted by atomic mass is 10.3. The third-order valence-corrected chi connectivity index (χ3v) is 1.72. The number of nitrogens with one attached hydrogen (secondary N) is 2. The van der Waals surface area contributed by atoms with Crippen molar-refractivity contribution in [3.63, 3.8) is 0 Å². The summed E-state index contributed by atoms with van der Waals surface area (Å²) in [4.78, 5) is 11.0. The number of amides is 1. The van der Waals surface area contributed by atoms with E-state index in [-0.39, 0.29) is 0 Å². The van der Waals surface area contributed by atoms with Crippen molar-refractivity contribution in [2.45, 2.75) is 20.0 Å². The second kappa shape index (κ2) is 4.42. The van der Waals surface area contributed by atoms with Crippen LogP contribution in [-0.4, -0.2) is 29.1 Å². The van der Waals surface area contributed by atoms with Gasteiger partial charge in [0.15, 0.2) is 6.61 Å². The summed E-state index contributed by atoms with van der Waals surface area (Å²) in [5, 5.41) is 8.51. The van der Waals surface area contributed by atoms with E-state index < -0.39 is 18.9 Å². The molecule has 1 heterocycles. The summed E-state index contributed by atoms with van der Waals surface area (Å²) in [6.07, 6.45) is -5.69. The first kappa shape index (κ1) is 12.3. The molecule has 0 spiro atoms. The highest BCUT2D eigenvalue weighted by molar-refractivity contribution is 5.86. The van der Waals surface area contributed by atoms with E-state index in [1.54, 1.807) is 13.8 Å². The number of ether oxygens (including phenoxy) is 1. The smallest absolute Gasteiger partial charge is 0.422 e. The third kappa shape index (κ3) is 3.44. The van der Waals surface area contributed by atoms with Gasteiger partial charge < -0.3 is 4.74 Å². The highest BCUT2D eigenvalue weighted by Gasteiger charge is 2.29. The minimum Gasteiger partial charge on any atom is -0.440 e. The normalized spacial score (nSPS) is 11.3. The van der Waals surface area contributed by atoms with Crippen LogP contribution in [0.3, 0.4) is 0 Å². The van der Waals surface area contributed by atoms with Crippen LogP contribution in [0.1, 0.15) is 11.4 Å². The quantitative estimate of drug-likeness (QED) is 0.828. The molecule has 1 aromatic heterocycles. The Morgan fingerprint density at radius 2 is 2.12 bits per heavy atom. The van der Waals surface area contributed by atoms with E-state index in [0.29, 0.717) is 17.1 Å². The molecule has 0 aliphatic heterocycles. The van der Waals surface area contributed by atoms with Crippen LogP contribution in [0.5, 0.6) is 0 Å². The van der Waals surface area contributed by atoms with Gasteiger partial charge in [0.25, 0.3) is 0 Å². The number of alkyl halides is 3. The van der Waals surface area contributed by atoms with Crippen LogP contribution >= 0.6 is 0 Å². The lowest BCUT2D eigenvalue weighted by Gasteiger charge is -2.08. The Labute approximate surface area is 89.0 Å². The molecule has 0 saturated carbocycles. The minimum absolute atomic E-state index is 0.326. The number of aryl methyl sites for hydroxylation is 2. The molecule has 5 nitrogen and oxygen atoms in total. The van der Waals surface area contributed by atoms with Crippen LogP contribution in [0.4, 0.5) is 23.7 Å². The standard InChI is InChI=1S/C8H10F3N3O2/c1-4-6(5(2)14-13-4)12-7(15)16-3-8(9,10)11/h3H2,1-2H3,(H,12,15)(H,13,14). The van der Waals surface area contributed by atoms with E-state index in [9.17, 15) is 18.0 Å². The molecule has 0 aliphatic carbocycles. The molecule has 0 radical (unpaired) electrons. The maximum Gasteiger partial charge on any atom is 0.422 e. The van der Waals surface area contributed by atoms with Crippen molar-refractivity contribution in [1.29, 1.82) is 0 Å². The van der Waals surface area contributed by atoms with Gasteiger partial charge in [-0.05, 0) is 13.8 Å². The zero-order valence-corrected chi connectivity index (χ0v) is 8.60. The second-order valence-corrected chi connectivity index (χ2v) is 3.13. The van der Waals surface area contributed by atoms with Crippen molar-refractivity contribution < 1.29 is 22.7 Å². The van der Waals surface area contributed by atoms with Gasteiger partial charge in [-0.15, -0.1) is 0 Å². The number of halogens is 3. The average molecular weight is 237 g/mol. The third-order valence-electron chi connectivity index (χ3n) is 1.72. The number of hydrogen-bond acceptors (Lipinski definition) is 3. The summed E-state index contributed by atoms with van der Waals surface area (Å²) in [5.41, 5.74) is 1.34. The fourth-order valence-corrected chi connectivity index (χ4v) is 1.02. The minimum atomic E-state index is -4.53. The fourth-order valence-electron chi connectivity index (χ4n) is 1.02. The maximum absolute atomic E-state index is 11.7. The van der Waals surface area contributed by atoms with Crippen molar-refractivity contribution in [2.24, 2.45) is 0 Å². The Bertz CT molecular complexity index is 367. The number of carbonyl (C=O) groups excluding carboxylic acids is 1. The SMILES string of the molecule is Cc1n[nH]c(C)c1NC(=O)OCC(F)(F)F. The number of nitrogens with zero attached hydrogens (tertiary/aromatic N) is 1. The van der Waals surface area contributed by atoms with E-state index in [4.69, 9.17) is 0 Å².